The second kappa shape index (κ2) is 1.86. The first-order chi connectivity index (χ1) is 5.12. The summed E-state index contributed by atoms with van der Waals surface area (Å²) in [5.41, 5.74) is 0.0738. The summed E-state index contributed by atoms with van der Waals surface area (Å²) in [5, 5.41) is 19.5. The minimum Gasteiger partial charge on any atom is -0.374 e. The fourth-order valence-electron chi connectivity index (χ4n) is 0.994. The second-order valence-electron chi connectivity index (χ2n) is 2.47. The molecule has 1 heterocycles. The molecule has 0 aromatic rings. The standard InChI is InChI=1S/C6H5NO3S/c8-6-2-1-4(7(9)10)3-5(6)11-6/h1-3,5,8H. The van der Waals surface area contributed by atoms with E-state index in [0.29, 0.717) is 0 Å². The number of nitrogens with zero attached hydrogens (tertiary/aromatic N) is 1. The fraction of sp³-hybridized carbons (Fsp3) is 0.333. The maximum Gasteiger partial charge on any atom is 0.266 e. The van der Waals surface area contributed by atoms with Gasteiger partial charge in [0.1, 0.15) is 4.93 Å². The van der Waals surface area contributed by atoms with Gasteiger partial charge < -0.3 is 5.11 Å². The highest BCUT2D eigenvalue weighted by molar-refractivity contribution is 8.08. The van der Waals surface area contributed by atoms with Crippen LogP contribution < -0.4 is 0 Å². The predicted molar refractivity (Wildman–Crippen MR) is 40.5 cm³/mol. The first-order valence-electron chi connectivity index (χ1n) is 3.07. The average molecular weight is 171 g/mol. The summed E-state index contributed by atoms with van der Waals surface area (Å²) in [6.45, 7) is 0. The van der Waals surface area contributed by atoms with Crippen molar-refractivity contribution in [3.05, 3.63) is 34.0 Å². The van der Waals surface area contributed by atoms with Crippen molar-refractivity contribution in [2.75, 3.05) is 0 Å². The van der Waals surface area contributed by atoms with Gasteiger partial charge in [-0.15, -0.1) is 11.8 Å². The minimum absolute atomic E-state index is 0.0738. The van der Waals surface area contributed by atoms with Crippen molar-refractivity contribution in [3.63, 3.8) is 0 Å². The van der Waals surface area contributed by atoms with E-state index in [4.69, 9.17) is 0 Å². The van der Waals surface area contributed by atoms with Crippen LogP contribution in [-0.4, -0.2) is 20.2 Å². The monoisotopic (exact) mass is 171 g/mol. The number of hydrogen-bond donors (Lipinski definition) is 1. The first kappa shape index (κ1) is 6.87. The number of rotatable bonds is 1. The van der Waals surface area contributed by atoms with Gasteiger partial charge in [0, 0.05) is 12.2 Å². The van der Waals surface area contributed by atoms with E-state index in [2.05, 4.69) is 0 Å². The summed E-state index contributed by atoms with van der Waals surface area (Å²) in [7, 11) is 0. The molecule has 2 rings (SSSR count). The third-order valence-corrected chi connectivity index (χ3v) is 2.96. The number of nitro groups is 1. The van der Waals surface area contributed by atoms with Gasteiger partial charge in [0.15, 0.2) is 0 Å². The Morgan fingerprint density at radius 3 is 3.09 bits per heavy atom. The molecule has 0 bridgehead atoms. The topological polar surface area (TPSA) is 63.4 Å². The molecular formula is C6H5NO3S. The molecule has 0 aromatic carbocycles. The minimum atomic E-state index is -0.834. The molecule has 1 aliphatic carbocycles. The van der Waals surface area contributed by atoms with Crippen LogP contribution >= 0.6 is 11.8 Å². The van der Waals surface area contributed by atoms with Crippen molar-refractivity contribution in [1.82, 2.24) is 0 Å². The van der Waals surface area contributed by atoms with E-state index in [1.54, 1.807) is 0 Å². The Labute approximate surface area is 66.7 Å². The zero-order chi connectivity index (χ0) is 8.06. The smallest absolute Gasteiger partial charge is 0.266 e. The molecule has 0 aromatic heterocycles. The van der Waals surface area contributed by atoms with Crippen LogP contribution in [0.3, 0.4) is 0 Å². The van der Waals surface area contributed by atoms with Gasteiger partial charge >= 0.3 is 0 Å². The highest BCUT2D eigenvalue weighted by atomic mass is 32.2. The van der Waals surface area contributed by atoms with E-state index >= 15 is 0 Å². The number of aliphatic hydroxyl groups is 1. The van der Waals surface area contributed by atoms with Crippen LogP contribution in [-0.2, 0) is 0 Å². The van der Waals surface area contributed by atoms with E-state index in [1.807, 2.05) is 0 Å². The summed E-state index contributed by atoms with van der Waals surface area (Å²) in [4.78, 5) is 8.93. The van der Waals surface area contributed by atoms with Crippen molar-refractivity contribution in [1.29, 1.82) is 0 Å². The van der Waals surface area contributed by atoms with Crippen LogP contribution in [0.4, 0.5) is 0 Å². The maximum atomic E-state index is 10.2. The quantitative estimate of drug-likeness (QED) is 0.355. The Morgan fingerprint density at radius 1 is 1.82 bits per heavy atom. The fourth-order valence-corrected chi connectivity index (χ4v) is 1.83. The summed E-state index contributed by atoms with van der Waals surface area (Å²) < 4.78 is 0. The van der Waals surface area contributed by atoms with E-state index < -0.39 is 9.86 Å². The van der Waals surface area contributed by atoms with Crippen LogP contribution in [0.5, 0.6) is 0 Å². The van der Waals surface area contributed by atoms with Gasteiger partial charge in [0.2, 0.25) is 0 Å². The van der Waals surface area contributed by atoms with Gasteiger partial charge in [-0.2, -0.15) is 0 Å². The molecule has 11 heavy (non-hydrogen) atoms. The third kappa shape index (κ3) is 0.965. The molecule has 0 radical (unpaired) electrons. The SMILES string of the molecule is O=[N+]([O-])C1=CC2SC2(O)C=C1. The largest absolute Gasteiger partial charge is 0.374 e. The lowest BCUT2D eigenvalue weighted by atomic mass is 10.1. The Morgan fingerprint density at radius 2 is 2.55 bits per heavy atom. The Balaban J connectivity index is 2.25. The van der Waals surface area contributed by atoms with Crippen LogP contribution in [0.2, 0.25) is 0 Å². The molecule has 0 saturated carbocycles. The zero-order valence-corrected chi connectivity index (χ0v) is 6.25. The molecule has 2 atom stereocenters. The van der Waals surface area contributed by atoms with Crippen molar-refractivity contribution in [2.45, 2.75) is 10.2 Å². The summed E-state index contributed by atoms with van der Waals surface area (Å²) >= 11 is 1.31. The molecule has 5 heteroatoms. The normalized spacial score (nSPS) is 39.4. The predicted octanol–water partition coefficient (Wildman–Crippen LogP) is 0.521. The molecule has 58 valence electrons. The van der Waals surface area contributed by atoms with Crippen LogP contribution in [0, 0.1) is 10.1 Å². The molecular weight excluding hydrogens is 166 g/mol. The lowest BCUT2D eigenvalue weighted by molar-refractivity contribution is -0.419. The lowest BCUT2D eigenvalue weighted by Crippen LogP contribution is -2.13. The van der Waals surface area contributed by atoms with E-state index in [-0.39, 0.29) is 10.9 Å². The first-order valence-corrected chi connectivity index (χ1v) is 3.95. The van der Waals surface area contributed by atoms with Crippen molar-refractivity contribution >= 4 is 11.8 Å². The van der Waals surface area contributed by atoms with Gasteiger partial charge in [-0.3, -0.25) is 10.1 Å². The van der Waals surface area contributed by atoms with Gasteiger partial charge in [-0.05, 0) is 6.08 Å². The highest BCUT2D eigenvalue weighted by Crippen LogP contribution is 2.55. The molecule has 2 aliphatic rings. The third-order valence-electron chi connectivity index (χ3n) is 1.69. The Bertz CT molecular complexity index is 286. The van der Waals surface area contributed by atoms with E-state index in [9.17, 15) is 15.2 Å². The molecule has 4 nitrogen and oxygen atoms in total. The van der Waals surface area contributed by atoms with E-state index in [1.165, 1.54) is 30.0 Å². The molecule has 1 fully saturated rings. The molecule has 2 unspecified atom stereocenters. The number of fused-ring (bicyclic) bond motifs is 1. The number of allylic oxidation sites excluding steroid dienone is 1. The van der Waals surface area contributed by atoms with Crippen molar-refractivity contribution < 1.29 is 10.0 Å². The zero-order valence-electron chi connectivity index (χ0n) is 5.43. The van der Waals surface area contributed by atoms with Gasteiger partial charge in [0.05, 0.1) is 10.2 Å². The number of hydrogen-bond acceptors (Lipinski definition) is 4. The second-order valence-corrected chi connectivity index (χ2v) is 3.87. The van der Waals surface area contributed by atoms with E-state index in [0.717, 1.165) is 0 Å². The maximum absolute atomic E-state index is 10.2. The van der Waals surface area contributed by atoms with Gasteiger partial charge in [-0.25, -0.2) is 0 Å². The summed E-state index contributed by atoms with van der Waals surface area (Å²) in [6.07, 6.45) is 4.29. The highest BCUT2D eigenvalue weighted by Gasteiger charge is 2.54. The average Bonchev–Trinajstić information content (AvgIpc) is 2.58. The van der Waals surface area contributed by atoms with Gasteiger partial charge in [-0.1, -0.05) is 0 Å². The molecule has 0 amide bonds. The van der Waals surface area contributed by atoms with Crippen molar-refractivity contribution in [2.24, 2.45) is 0 Å². The Hall–Kier alpha value is -0.810. The van der Waals surface area contributed by atoms with Crippen molar-refractivity contribution in [3.8, 4) is 0 Å². The summed E-state index contributed by atoms with van der Waals surface area (Å²) in [5.74, 6) is 0. The molecule has 1 N–H and O–H groups in total. The number of thioether (sulfide) groups is 1. The van der Waals surface area contributed by atoms with Crippen LogP contribution in [0.15, 0.2) is 23.9 Å². The van der Waals surface area contributed by atoms with Crippen LogP contribution in [0.1, 0.15) is 0 Å². The molecule has 1 saturated heterocycles. The molecule has 1 aliphatic heterocycles. The van der Waals surface area contributed by atoms with Gasteiger partial charge in [0.25, 0.3) is 5.70 Å². The lowest BCUT2D eigenvalue weighted by Gasteiger charge is -2.01. The van der Waals surface area contributed by atoms with Crippen LogP contribution in [0.25, 0.3) is 0 Å². The Kier molecular flexibility index (Phi) is 1.16. The summed E-state index contributed by atoms with van der Waals surface area (Å²) in [6, 6.07) is 0. The molecule has 0 spiro atoms.